The minimum Gasteiger partial charge on any atom is -0.497 e. The number of H-pyrrole nitrogens is 5. The molecule has 29 heteroatoms. The summed E-state index contributed by atoms with van der Waals surface area (Å²) in [7, 11) is 6.48. The first-order valence-electron chi connectivity index (χ1n) is 48.9. The van der Waals surface area contributed by atoms with Crippen LogP contribution >= 0.6 is 62.3 Å². The Morgan fingerprint density at radius 1 is 0.415 bits per heavy atom. The van der Waals surface area contributed by atoms with Gasteiger partial charge in [-0.05, 0) is 262 Å². The Morgan fingerprint density at radius 2 is 0.782 bits per heavy atom. The smallest absolute Gasteiger partial charge is 0.322 e. The highest BCUT2D eigenvalue weighted by Crippen LogP contribution is 2.47. The van der Waals surface area contributed by atoms with Gasteiger partial charge in [0.1, 0.15) is 36.2 Å². The van der Waals surface area contributed by atoms with E-state index in [1.165, 1.54) is 38.8 Å². The van der Waals surface area contributed by atoms with Crippen LogP contribution in [0.5, 0.6) is 23.0 Å². The fraction of sp³-hybridized carbons (Fsp3) is 0.220. The molecule has 0 bridgehead atoms. The van der Waals surface area contributed by atoms with Crippen molar-refractivity contribution in [2.24, 2.45) is 0 Å². The van der Waals surface area contributed by atoms with Crippen molar-refractivity contribution >= 4 is 152 Å². The molecule has 0 saturated heterocycles. The first-order valence-corrected chi connectivity index (χ1v) is 51.2. The van der Waals surface area contributed by atoms with Crippen LogP contribution in [-0.4, -0.2) is 141 Å². The molecule has 5 unspecified atom stereocenters. The van der Waals surface area contributed by atoms with Crippen molar-refractivity contribution in [1.29, 1.82) is 0 Å². The van der Waals surface area contributed by atoms with Gasteiger partial charge in [-0.15, -0.1) is 0 Å². The molecule has 13 aromatic carbocycles. The van der Waals surface area contributed by atoms with E-state index in [-0.39, 0.29) is 71.3 Å². The lowest BCUT2D eigenvalue weighted by molar-refractivity contribution is -0.384. The Kier molecular flexibility index (Phi) is 30.9. The standard InChI is InChI=1S/C26H24ClN3O3.C26H24ClN3O2.C26H23ClN2O2.C23H25BrN2O2.C17H14ClN3O2/c1-32-19-8-3-16(4-9-19)25-24-21(22-15-17(27)5-12-23(22)29-24)13-14-30(25)26(31)28-18-6-10-20(33-2)11-7-18;1-32-20-10-7-18(8-11-20)25-24-21(22-15-19(27)9-12-23(22)29-24)13-14-30(25)26(31)28-16-17-5-3-2-4-6-17;1-17(30)29-14-13-22-23-15-20(27)9-12-24(23)28-25(22)26(29)19-7-10-21(11-8-19)31-16-18-5-3-2-4-6-18;1-14(2)15-4-6-16(7-5-15)23-22-18(10-11-26(23)21(27)13-28-3)19-12-17(24)8-9-20(19)25-22;18-11-3-6-15-14(9-11)13-7-8-19-16(17(13)20-15)10-1-4-12(5-2-10)21(22)23/h3-12,15,25,29H,13-14H2,1-2H3,(H,28,31);2-12,15,25,29H,13-14,16H2,1H3,(H,28,31);2-12,15,26,28H,13-14,16H2,1H3;4-9,12,14,23,25H,10-11,13H2,1-3H3;1-6,9,16,19-20H,7-8H2. The van der Waals surface area contributed by atoms with Crippen molar-refractivity contribution in [1.82, 2.24) is 55.2 Å². The van der Waals surface area contributed by atoms with Crippen molar-refractivity contribution in [2.45, 2.75) is 102 Å². The Morgan fingerprint density at radius 3 is 1.21 bits per heavy atom. The van der Waals surface area contributed by atoms with E-state index in [1.807, 2.05) is 256 Å². The van der Waals surface area contributed by atoms with Gasteiger partial charge in [0.05, 0.1) is 56.5 Å². The van der Waals surface area contributed by atoms with E-state index in [2.05, 4.69) is 119 Å². The van der Waals surface area contributed by atoms with Crippen molar-refractivity contribution in [3.05, 3.63) is 433 Å². The molecule has 0 spiro atoms. The molecular formula is C118H110BrCl4N13O11. The predicted octanol–water partition coefficient (Wildman–Crippen LogP) is 26.7. The van der Waals surface area contributed by atoms with E-state index in [1.54, 1.807) is 47.5 Å². The van der Waals surface area contributed by atoms with E-state index in [0.29, 0.717) is 61.0 Å². The Labute approximate surface area is 879 Å². The van der Waals surface area contributed by atoms with Gasteiger partial charge in [-0.2, -0.15) is 0 Å². The number of carbonyl (C=O) groups is 4. The Hall–Kier alpha value is -14.8. The van der Waals surface area contributed by atoms with E-state index in [4.69, 9.17) is 70.1 Å². The number of rotatable bonds is 18. The molecule has 0 radical (unpaired) electrons. The number of hydrogen-bond acceptors (Lipinski definition) is 12. The number of hydrogen-bond donors (Lipinski definition) is 8. The average molecular weight is 2110 g/mol. The summed E-state index contributed by atoms with van der Waals surface area (Å²) in [6.07, 6.45) is 4.07. The number of nitro benzene ring substituents is 1. The first kappa shape index (κ1) is 101. The number of ether oxygens (including phenoxy) is 5. The number of halogens is 5. The number of anilines is 1. The summed E-state index contributed by atoms with van der Waals surface area (Å²) in [5.74, 6) is 3.67. The van der Waals surface area contributed by atoms with Crippen LogP contribution in [0.2, 0.25) is 20.1 Å². The number of fused-ring (bicyclic) bond motifs is 15. The van der Waals surface area contributed by atoms with Gasteiger partial charge in [0.2, 0.25) is 11.8 Å². The zero-order valence-corrected chi connectivity index (χ0v) is 86.7. The molecule has 5 aliphatic rings. The number of carbonyl (C=O) groups excluding carboxylic acids is 4. The molecule has 0 aliphatic carbocycles. The molecule has 748 valence electrons. The number of non-ortho nitro benzene ring substituents is 1. The second-order valence-electron chi connectivity index (χ2n) is 37.3. The number of nitrogens with one attached hydrogen (secondary N) is 8. The van der Waals surface area contributed by atoms with Crippen LogP contribution in [0.25, 0.3) is 54.5 Å². The maximum Gasteiger partial charge on any atom is 0.322 e. The molecule has 10 heterocycles. The molecule has 0 fully saturated rings. The van der Waals surface area contributed by atoms with Crippen molar-refractivity contribution in [2.75, 3.05) is 73.1 Å². The number of nitro groups is 1. The molecule has 8 N–H and O–H groups in total. The summed E-state index contributed by atoms with van der Waals surface area (Å²) in [4.78, 5) is 87.8. The SMILES string of the molecule is CC(=O)N1CCc2c([nH]c3ccc(Cl)cc23)C1c1ccc(OCc2ccccc2)cc1.COCC(=O)N1CCc2c([nH]c3ccc(Br)cc23)C1c1ccc(C(C)C)cc1.COc1ccc(C2c3[nH]c4ccc(Cl)cc4c3CCN2C(=O)NCc2ccccc2)cc1.COc1ccc(NC(=O)N2CCc3c([nH]c4ccc(Cl)cc34)C2c2ccc(OC)cc2)cc1.O=[N+]([O-])c1ccc(C2NCCc3c2[nH]c2ccc(Cl)cc32)cc1. The van der Waals surface area contributed by atoms with Gasteiger partial charge >= 0.3 is 12.1 Å². The number of aromatic nitrogens is 5. The second-order valence-corrected chi connectivity index (χ2v) is 39.9. The Balaban J connectivity index is 0.000000116. The minimum absolute atomic E-state index is 0.00531. The maximum atomic E-state index is 13.4. The summed E-state index contributed by atoms with van der Waals surface area (Å²) in [5, 5.41) is 29.0. The van der Waals surface area contributed by atoms with Crippen LogP contribution in [-0.2, 0) is 59.6 Å². The third-order valence-corrected chi connectivity index (χ3v) is 29.5. The fourth-order valence-corrected chi connectivity index (χ4v) is 21.9. The van der Waals surface area contributed by atoms with E-state index in [9.17, 15) is 29.3 Å². The van der Waals surface area contributed by atoms with Crippen LogP contribution in [0.1, 0.15) is 158 Å². The third kappa shape index (κ3) is 22.0. The third-order valence-electron chi connectivity index (χ3n) is 28.1. The van der Waals surface area contributed by atoms with Crippen LogP contribution < -0.4 is 34.9 Å². The predicted molar refractivity (Wildman–Crippen MR) is 587 cm³/mol. The number of nitrogens with zero attached hydrogens (tertiary/aromatic N) is 5. The molecule has 147 heavy (non-hydrogen) atoms. The quantitative estimate of drug-likeness (QED) is 0.0294. The number of methoxy groups -OCH3 is 4. The summed E-state index contributed by atoms with van der Waals surface area (Å²) in [6.45, 7) is 10.5. The van der Waals surface area contributed by atoms with Gasteiger partial charge in [0, 0.05) is 179 Å². The largest absolute Gasteiger partial charge is 0.497 e. The van der Waals surface area contributed by atoms with Gasteiger partial charge in [0.15, 0.2) is 0 Å². The molecule has 5 aliphatic heterocycles. The lowest BCUT2D eigenvalue weighted by atomic mass is 9.91. The van der Waals surface area contributed by atoms with Crippen LogP contribution in [0.4, 0.5) is 21.0 Å². The van der Waals surface area contributed by atoms with Crippen LogP contribution in [0.15, 0.2) is 302 Å². The summed E-state index contributed by atoms with van der Waals surface area (Å²) < 4.78 is 28.0. The highest BCUT2D eigenvalue weighted by atomic mass is 79.9. The molecule has 24 nitrogen and oxygen atoms in total. The van der Waals surface area contributed by atoms with Crippen molar-refractivity contribution in [3.63, 3.8) is 0 Å². The van der Waals surface area contributed by atoms with Gasteiger partial charge < -0.3 is 84.2 Å². The van der Waals surface area contributed by atoms with E-state index < -0.39 is 0 Å². The number of urea groups is 2. The first-order chi connectivity index (χ1) is 71.4. The lowest BCUT2D eigenvalue weighted by Crippen LogP contribution is -2.45. The van der Waals surface area contributed by atoms with Gasteiger partial charge in [-0.25, -0.2) is 9.59 Å². The second kappa shape index (κ2) is 45.0. The molecule has 18 aromatic rings. The number of amides is 6. The molecular weight excluding hydrogens is 2000 g/mol. The van der Waals surface area contributed by atoms with Gasteiger partial charge in [0.25, 0.3) is 5.69 Å². The summed E-state index contributed by atoms with van der Waals surface area (Å²) in [6, 6.07) is 95.3. The molecule has 6 amide bonds. The minimum atomic E-state index is -0.381. The molecule has 23 rings (SSSR count). The summed E-state index contributed by atoms with van der Waals surface area (Å²) in [5.41, 5.74) is 26.4. The zero-order chi connectivity index (χ0) is 102. The average Bonchev–Trinajstić information content (AvgIpc) is 1.61. The normalized spacial score (nSPS) is 15.9. The molecule has 0 saturated carbocycles. The highest BCUT2D eigenvalue weighted by molar-refractivity contribution is 9.10. The van der Waals surface area contributed by atoms with Crippen LogP contribution in [0, 0.1) is 10.1 Å². The van der Waals surface area contributed by atoms with Crippen molar-refractivity contribution in [3.8, 4) is 23.0 Å². The number of benzene rings is 13. The van der Waals surface area contributed by atoms with Gasteiger partial charge in [-0.3, -0.25) is 19.7 Å². The number of aromatic amines is 5. The highest BCUT2D eigenvalue weighted by Gasteiger charge is 2.40. The molecule has 5 aromatic heterocycles. The van der Waals surface area contributed by atoms with Crippen LogP contribution in [0.3, 0.4) is 0 Å². The zero-order valence-electron chi connectivity index (χ0n) is 82.1. The molecule has 5 atom stereocenters. The lowest BCUT2D eigenvalue weighted by Gasteiger charge is -2.36. The Bertz CT molecular complexity index is 7820. The monoisotopic (exact) mass is 2100 g/mol. The fourth-order valence-electron chi connectivity index (χ4n) is 20.8. The maximum absolute atomic E-state index is 13.4. The van der Waals surface area contributed by atoms with Crippen molar-refractivity contribution < 1.29 is 47.8 Å². The van der Waals surface area contributed by atoms with E-state index >= 15 is 0 Å². The van der Waals surface area contributed by atoms with Gasteiger partial charge in [-0.1, -0.05) is 210 Å². The topological polar surface area (TPSA) is 286 Å². The summed E-state index contributed by atoms with van der Waals surface area (Å²) >= 11 is 28.5. The van der Waals surface area contributed by atoms with E-state index in [0.717, 1.165) is 193 Å².